The molecule has 0 aromatic heterocycles. The zero-order valence-electron chi connectivity index (χ0n) is 16.3. The van der Waals surface area contributed by atoms with Gasteiger partial charge in [0, 0.05) is 12.0 Å². The van der Waals surface area contributed by atoms with Gasteiger partial charge < -0.3 is 13.5 Å². The van der Waals surface area contributed by atoms with Crippen molar-refractivity contribution >= 4 is 21.7 Å². The van der Waals surface area contributed by atoms with Gasteiger partial charge in [-0.2, -0.15) is 0 Å². The van der Waals surface area contributed by atoms with Gasteiger partial charge in [-0.1, -0.05) is 34.6 Å². The highest BCUT2D eigenvalue weighted by Crippen LogP contribution is 2.49. The van der Waals surface area contributed by atoms with Gasteiger partial charge in [0.2, 0.25) is 0 Å². The second-order valence-corrected chi connectivity index (χ2v) is 14.8. The third-order valence-electron chi connectivity index (χ3n) is 4.34. The van der Waals surface area contributed by atoms with E-state index >= 15 is 0 Å². The van der Waals surface area contributed by atoms with E-state index in [1.165, 1.54) is 0 Å². The van der Waals surface area contributed by atoms with Gasteiger partial charge in [0.1, 0.15) is 6.16 Å². The van der Waals surface area contributed by atoms with Gasteiger partial charge in [-0.3, -0.25) is 9.36 Å². The summed E-state index contributed by atoms with van der Waals surface area (Å²) in [6.07, 6.45) is -0.206. The van der Waals surface area contributed by atoms with Crippen molar-refractivity contribution < 1.29 is 22.8 Å². The number of hydrogen-bond acceptors (Lipinski definition) is 5. The molecule has 0 spiro atoms. The summed E-state index contributed by atoms with van der Waals surface area (Å²) in [4.78, 5) is 12.6. The third-order valence-corrected chi connectivity index (χ3v) is 10.8. The van der Waals surface area contributed by atoms with Crippen LogP contribution >= 0.6 is 7.60 Å². The van der Waals surface area contributed by atoms with Gasteiger partial charge in [-0.05, 0) is 32.0 Å². The molecule has 0 saturated carbocycles. The number of rotatable bonds is 10. The summed E-state index contributed by atoms with van der Waals surface area (Å²) in [6, 6.07) is 0. The lowest BCUT2D eigenvalue weighted by molar-refractivity contribution is -0.126. The number of carbonyl (C=O) groups excluding carboxylic acids is 1. The smallest absolute Gasteiger partial charge is 0.338 e. The first-order chi connectivity index (χ1) is 10.2. The van der Waals surface area contributed by atoms with Crippen LogP contribution in [0.4, 0.5) is 0 Å². The second-order valence-electron chi connectivity index (χ2n) is 7.96. The van der Waals surface area contributed by atoms with Crippen LogP contribution in [0.5, 0.6) is 0 Å². The van der Waals surface area contributed by atoms with Crippen LogP contribution in [0.15, 0.2) is 0 Å². The van der Waals surface area contributed by atoms with E-state index in [0.717, 1.165) is 0 Å². The molecule has 23 heavy (non-hydrogen) atoms. The van der Waals surface area contributed by atoms with E-state index in [2.05, 4.69) is 33.9 Å². The third kappa shape index (κ3) is 7.18. The Morgan fingerprint density at radius 1 is 1.00 bits per heavy atom. The summed E-state index contributed by atoms with van der Waals surface area (Å²) in [5, 5.41) is 0.0814. The molecule has 0 fully saturated rings. The molecule has 0 aromatic carbocycles. The summed E-state index contributed by atoms with van der Waals surface area (Å²) in [7, 11) is -5.30. The number of ketones is 1. The standard InChI is InChI=1S/C16H35O5PSi/c1-10-19-22(18,20-11-2)12-14(17)16(6,7)13-21-23(8,9)15(3,4)5/h10-13H2,1-9H3. The minimum atomic E-state index is -3.36. The first-order valence-corrected chi connectivity index (χ1v) is 12.9. The Morgan fingerprint density at radius 2 is 1.43 bits per heavy atom. The molecule has 0 amide bonds. The SMILES string of the molecule is CCOP(=O)(CC(=O)C(C)(C)CO[Si](C)(C)C(C)(C)C)OCC. The second kappa shape index (κ2) is 8.39. The first kappa shape index (κ1) is 23.0. The highest BCUT2D eigenvalue weighted by molar-refractivity contribution is 7.54. The van der Waals surface area contributed by atoms with Crippen molar-refractivity contribution in [3.63, 3.8) is 0 Å². The Labute approximate surface area is 143 Å². The molecule has 0 aromatic rings. The number of Topliss-reactive ketones (excluding diaryl/α,β-unsaturated/α-hetero) is 1. The largest absolute Gasteiger partial charge is 0.416 e. The van der Waals surface area contributed by atoms with Gasteiger partial charge >= 0.3 is 7.60 Å². The molecular formula is C16H35O5PSi. The summed E-state index contributed by atoms with van der Waals surface area (Å²) in [5.74, 6) is -0.151. The highest BCUT2D eigenvalue weighted by Gasteiger charge is 2.41. The van der Waals surface area contributed by atoms with Gasteiger partial charge in [0.05, 0.1) is 13.2 Å². The number of carbonyl (C=O) groups is 1. The maximum atomic E-state index is 12.6. The van der Waals surface area contributed by atoms with E-state index in [-0.39, 0.29) is 30.2 Å². The van der Waals surface area contributed by atoms with Crippen LogP contribution < -0.4 is 0 Å². The Kier molecular flexibility index (Phi) is 8.39. The van der Waals surface area contributed by atoms with Gasteiger partial charge in [-0.15, -0.1) is 0 Å². The van der Waals surface area contributed by atoms with E-state index in [0.29, 0.717) is 6.61 Å². The molecule has 5 nitrogen and oxygen atoms in total. The quantitative estimate of drug-likeness (QED) is 0.408. The molecule has 0 unspecified atom stereocenters. The van der Waals surface area contributed by atoms with Gasteiger partial charge in [0.15, 0.2) is 14.1 Å². The molecule has 0 heterocycles. The zero-order chi connectivity index (χ0) is 18.5. The summed E-state index contributed by atoms with van der Waals surface area (Å²) >= 11 is 0. The van der Waals surface area contributed by atoms with Crippen molar-refractivity contribution in [3.8, 4) is 0 Å². The normalized spacial score (nSPS) is 14.1. The van der Waals surface area contributed by atoms with Gasteiger partial charge in [0.25, 0.3) is 0 Å². The summed E-state index contributed by atoms with van der Waals surface area (Å²) in [6.45, 7) is 18.7. The van der Waals surface area contributed by atoms with Crippen molar-refractivity contribution in [3.05, 3.63) is 0 Å². The van der Waals surface area contributed by atoms with Crippen molar-refractivity contribution in [2.75, 3.05) is 26.0 Å². The molecule has 0 N–H and O–H groups in total. The number of hydrogen-bond donors (Lipinski definition) is 0. The fourth-order valence-electron chi connectivity index (χ4n) is 1.57. The Morgan fingerprint density at radius 3 is 1.78 bits per heavy atom. The topological polar surface area (TPSA) is 61.8 Å². The van der Waals surface area contributed by atoms with Crippen molar-refractivity contribution in [2.24, 2.45) is 5.41 Å². The fourth-order valence-corrected chi connectivity index (χ4v) is 4.55. The molecular weight excluding hydrogens is 331 g/mol. The molecule has 7 heteroatoms. The van der Waals surface area contributed by atoms with Crippen LogP contribution in [0.2, 0.25) is 18.1 Å². The predicted octanol–water partition coefficient (Wildman–Crippen LogP) is 4.87. The molecule has 0 aliphatic rings. The Hall–Kier alpha value is -0.00312. The lowest BCUT2D eigenvalue weighted by atomic mass is 9.90. The maximum absolute atomic E-state index is 12.6. The van der Waals surface area contributed by atoms with E-state index in [1.54, 1.807) is 13.8 Å². The molecule has 0 bridgehead atoms. The van der Waals surface area contributed by atoms with E-state index < -0.39 is 21.3 Å². The zero-order valence-corrected chi connectivity index (χ0v) is 18.2. The van der Waals surface area contributed by atoms with Crippen LogP contribution in [0.25, 0.3) is 0 Å². The summed E-state index contributed by atoms with van der Waals surface area (Å²) < 4.78 is 29.1. The van der Waals surface area contributed by atoms with Crippen LogP contribution in [0.3, 0.4) is 0 Å². The van der Waals surface area contributed by atoms with Crippen molar-refractivity contribution in [2.45, 2.75) is 66.6 Å². The van der Waals surface area contributed by atoms with E-state index in [4.69, 9.17) is 13.5 Å². The molecule has 0 rings (SSSR count). The average Bonchev–Trinajstić information content (AvgIpc) is 2.35. The predicted molar refractivity (Wildman–Crippen MR) is 97.7 cm³/mol. The fraction of sp³-hybridized carbons (Fsp3) is 0.938. The molecule has 0 aliphatic carbocycles. The highest BCUT2D eigenvalue weighted by atomic mass is 31.2. The minimum Gasteiger partial charge on any atom is -0.416 e. The molecule has 0 radical (unpaired) electrons. The molecule has 0 aliphatic heterocycles. The van der Waals surface area contributed by atoms with E-state index in [1.807, 2.05) is 13.8 Å². The summed E-state index contributed by atoms with van der Waals surface area (Å²) in [5.41, 5.74) is -0.723. The van der Waals surface area contributed by atoms with Crippen LogP contribution in [-0.2, 0) is 22.8 Å². The molecule has 138 valence electrons. The van der Waals surface area contributed by atoms with Crippen molar-refractivity contribution in [1.82, 2.24) is 0 Å². The van der Waals surface area contributed by atoms with Crippen molar-refractivity contribution in [1.29, 1.82) is 0 Å². The Bertz CT molecular complexity index is 430. The lowest BCUT2D eigenvalue weighted by Crippen LogP contribution is -2.45. The van der Waals surface area contributed by atoms with Crippen LogP contribution in [0.1, 0.15) is 48.5 Å². The van der Waals surface area contributed by atoms with Crippen LogP contribution in [-0.4, -0.2) is 40.1 Å². The first-order valence-electron chi connectivity index (χ1n) is 8.26. The minimum absolute atomic E-state index is 0.0814. The van der Waals surface area contributed by atoms with E-state index in [9.17, 15) is 9.36 Å². The average molecular weight is 367 g/mol. The lowest BCUT2D eigenvalue weighted by Gasteiger charge is -2.38. The maximum Gasteiger partial charge on any atom is 0.338 e. The van der Waals surface area contributed by atoms with Crippen LogP contribution in [0, 0.1) is 5.41 Å². The monoisotopic (exact) mass is 366 g/mol. The molecule has 0 atom stereocenters. The Balaban J connectivity index is 4.94. The van der Waals surface area contributed by atoms with Gasteiger partial charge in [-0.25, -0.2) is 0 Å². The molecule has 0 saturated heterocycles.